The van der Waals surface area contributed by atoms with E-state index in [0.717, 1.165) is 12.1 Å². The molecule has 3 heteroatoms. The molecule has 6 rings (SSSR count). The van der Waals surface area contributed by atoms with Crippen molar-refractivity contribution in [3.63, 3.8) is 0 Å². The molecule has 36 heavy (non-hydrogen) atoms. The first-order chi connectivity index (χ1) is 17.8. The van der Waals surface area contributed by atoms with Crippen LogP contribution in [0.2, 0.25) is 0 Å². The van der Waals surface area contributed by atoms with Gasteiger partial charge in [-0.2, -0.15) is 0 Å². The highest BCUT2D eigenvalue weighted by atomic mass is 15.4. The molecule has 3 saturated heterocycles. The summed E-state index contributed by atoms with van der Waals surface area (Å²) in [6.45, 7) is 19.0. The van der Waals surface area contributed by atoms with Gasteiger partial charge < -0.3 is 14.7 Å². The average Bonchev–Trinajstić information content (AvgIpc) is 3.75. The Bertz CT molecular complexity index is 1190. The Morgan fingerprint density at radius 1 is 0.444 bits per heavy atom. The Morgan fingerprint density at radius 3 is 0.917 bits per heavy atom. The van der Waals surface area contributed by atoms with Gasteiger partial charge in [-0.1, -0.05) is 54.6 Å². The Labute approximate surface area is 222 Å². The summed E-state index contributed by atoms with van der Waals surface area (Å²) < 4.78 is 15.9. The molecule has 0 aromatic heterocycles. The molecule has 3 aliphatic rings. The fourth-order valence-electron chi connectivity index (χ4n) is 5.11. The van der Waals surface area contributed by atoms with Gasteiger partial charge in [0.25, 0.3) is 0 Å². The summed E-state index contributed by atoms with van der Waals surface area (Å²) in [5, 5.41) is 0. The second-order valence-corrected chi connectivity index (χ2v) is 10.6. The summed E-state index contributed by atoms with van der Waals surface area (Å²) >= 11 is 0. The first-order valence-electron chi connectivity index (χ1n) is 14.4. The van der Waals surface area contributed by atoms with Gasteiger partial charge in [0.15, 0.2) is 0 Å². The smallest absolute Gasteiger partial charge is 0.0548 e. The summed E-state index contributed by atoms with van der Waals surface area (Å²) in [5.74, 6) is 0. The largest absolute Gasteiger partial charge is 0.362 e. The second-order valence-electron chi connectivity index (χ2n) is 10.6. The van der Waals surface area contributed by atoms with Crippen molar-refractivity contribution in [1.29, 1.82) is 0 Å². The lowest BCUT2D eigenvalue weighted by molar-refractivity contribution is 1.05. The molecule has 3 aromatic rings. The zero-order valence-corrected chi connectivity index (χ0v) is 23.6. The quantitative estimate of drug-likeness (QED) is 0.351. The minimum absolute atomic E-state index is 0.341. The van der Waals surface area contributed by atoms with Crippen molar-refractivity contribution < 1.29 is 2.74 Å². The van der Waals surface area contributed by atoms with E-state index in [1.807, 2.05) is 38.1 Å². The van der Waals surface area contributed by atoms with E-state index in [1.165, 1.54) is 33.8 Å². The molecule has 3 nitrogen and oxygen atoms in total. The normalized spacial score (nSPS) is 32.3. The van der Waals surface area contributed by atoms with E-state index in [2.05, 4.69) is 112 Å². The van der Waals surface area contributed by atoms with Gasteiger partial charge in [-0.15, -0.1) is 0 Å². The number of nitrogens with zero attached hydrogens (tertiary/aromatic N) is 3. The number of rotatable bonds is 3. The molecule has 3 fully saturated rings. The maximum absolute atomic E-state index is 7.97. The second kappa shape index (κ2) is 10.6. The van der Waals surface area contributed by atoms with Crippen molar-refractivity contribution >= 4 is 17.1 Å². The van der Waals surface area contributed by atoms with Crippen LogP contribution in [0.15, 0.2) is 72.8 Å². The van der Waals surface area contributed by atoms with Crippen molar-refractivity contribution in [2.45, 2.75) is 98.5 Å². The molecule has 0 amide bonds. The molecule has 0 saturated carbocycles. The van der Waals surface area contributed by atoms with E-state index < -0.39 is 12.0 Å². The van der Waals surface area contributed by atoms with Gasteiger partial charge in [0.05, 0.1) is 2.74 Å². The van der Waals surface area contributed by atoms with E-state index in [1.54, 1.807) is 0 Å². The topological polar surface area (TPSA) is 9.03 Å². The Kier molecular flexibility index (Phi) is 6.90. The van der Waals surface area contributed by atoms with Crippen molar-refractivity contribution in [3.05, 3.63) is 89.5 Å². The Balaban J connectivity index is 0.000000133. The maximum Gasteiger partial charge on any atom is 0.0548 e. The maximum atomic E-state index is 7.97. The summed E-state index contributed by atoms with van der Waals surface area (Å²) in [7, 11) is 0. The van der Waals surface area contributed by atoms with Gasteiger partial charge in [0, 0.05) is 53.3 Å². The minimum atomic E-state index is -0.397. The molecular formula is C33H45N3. The Hall–Kier alpha value is -2.94. The standard InChI is InChI=1S/3C11H15N/c3*1-8-6-4-5-7-11(8)12-9(2)10(12)3/h3*4-7,9-10H,1-3H3/t3*9-,10+,12?/i2*9D;/m10./s1. The van der Waals surface area contributed by atoms with Crippen LogP contribution in [0.3, 0.4) is 0 Å². The molecular weight excluding hydrogens is 438 g/mol. The van der Waals surface area contributed by atoms with Crippen molar-refractivity contribution in [2.24, 2.45) is 0 Å². The third kappa shape index (κ3) is 5.40. The van der Waals surface area contributed by atoms with Gasteiger partial charge >= 0.3 is 0 Å². The van der Waals surface area contributed by atoms with Crippen LogP contribution in [0.4, 0.5) is 17.1 Å². The fourth-order valence-corrected chi connectivity index (χ4v) is 5.11. The van der Waals surface area contributed by atoms with Gasteiger partial charge in [-0.3, -0.25) is 0 Å². The molecule has 0 radical (unpaired) electrons. The van der Waals surface area contributed by atoms with Crippen LogP contribution in [0.5, 0.6) is 0 Å². The van der Waals surface area contributed by atoms with Crippen LogP contribution in [-0.4, -0.2) is 36.2 Å². The van der Waals surface area contributed by atoms with Crippen LogP contribution < -0.4 is 14.7 Å². The van der Waals surface area contributed by atoms with Crippen molar-refractivity contribution in [1.82, 2.24) is 0 Å². The third-order valence-corrected chi connectivity index (χ3v) is 8.24. The molecule has 0 aliphatic carbocycles. The molecule has 0 N–H and O–H groups in total. The molecule has 0 bridgehead atoms. The van der Waals surface area contributed by atoms with Crippen LogP contribution >= 0.6 is 0 Å². The summed E-state index contributed by atoms with van der Waals surface area (Å²) in [6.07, 6.45) is 0. The molecule has 3 heterocycles. The summed E-state index contributed by atoms with van der Waals surface area (Å²) in [5.41, 5.74) is 7.70. The molecule has 3 aromatic carbocycles. The van der Waals surface area contributed by atoms with Gasteiger partial charge in [0.2, 0.25) is 0 Å². The highest BCUT2D eigenvalue weighted by molar-refractivity contribution is 5.62. The number of hydrogen-bond donors (Lipinski definition) is 0. The highest BCUT2D eigenvalue weighted by Gasteiger charge is 2.41. The van der Waals surface area contributed by atoms with Crippen LogP contribution in [0.1, 0.15) is 61.0 Å². The lowest BCUT2D eigenvalue weighted by Gasteiger charge is -2.07. The van der Waals surface area contributed by atoms with E-state index in [-0.39, 0.29) is 0 Å². The Morgan fingerprint density at radius 2 is 0.694 bits per heavy atom. The lowest BCUT2D eigenvalue weighted by Crippen LogP contribution is -1.98. The first-order valence-corrected chi connectivity index (χ1v) is 13.4. The number of hydrogen-bond acceptors (Lipinski definition) is 3. The van der Waals surface area contributed by atoms with Gasteiger partial charge in [0.1, 0.15) is 0 Å². The monoisotopic (exact) mass is 485 g/mol. The highest BCUT2D eigenvalue weighted by Crippen LogP contribution is 2.37. The number of benzene rings is 3. The lowest BCUT2D eigenvalue weighted by atomic mass is 10.2. The van der Waals surface area contributed by atoms with Crippen molar-refractivity contribution in [3.8, 4) is 0 Å². The van der Waals surface area contributed by atoms with E-state index in [4.69, 9.17) is 2.74 Å². The average molecular weight is 486 g/mol. The first kappa shape index (κ1) is 23.5. The molecule has 3 aliphatic heterocycles. The number of aryl methyl sites for hydroxylation is 3. The fraction of sp³-hybridized carbons (Fsp3) is 0.455. The predicted octanol–water partition coefficient (Wildman–Crippen LogP) is 7.78. The molecule has 192 valence electrons. The zero-order valence-electron chi connectivity index (χ0n) is 25.6. The van der Waals surface area contributed by atoms with Gasteiger partial charge in [-0.05, 0) is 97.2 Å². The SMILES string of the molecule is Cc1ccccc1N1[C@H](C)[C@@H]1C.[2H][C@@]1(C)[C@H](C)N1c1ccccc1C.[2H][C@]1(C)[C@@H](C)N1c1ccccc1C. The van der Waals surface area contributed by atoms with E-state index in [0.29, 0.717) is 12.1 Å². The van der Waals surface area contributed by atoms with Crippen LogP contribution in [-0.2, 0) is 0 Å². The molecule has 6 atom stereocenters. The number of anilines is 3. The van der Waals surface area contributed by atoms with Crippen molar-refractivity contribution in [2.75, 3.05) is 14.7 Å². The minimum Gasteiger partial charge on any atom is -0.362 e. The van der Waals surface area contributed by atoms with E-state index in [9.17, 15) is 0 Å². The van der Waals surface area contributed by atoms with Crippen LogP contribution in [0.25, 0.3) is 0 Å². The molecule has 0 unspecified atom stereocenters. The van der Waals surface area contributed by atoms with E-state index >= 15 is 0 Å². The third-order valence-electron chi connectivity index (χ3n) is 8.24. The number of para-hydroxylation sites is 3. The van der Waals surface area contributed by atoms with Crippen LogP contribution in [0, 0.1) is 20.8 Å². The predicted molar refractivity (Wildman–Crippen MR) is 158 cm³/mol. The summed E-state index contributed by atoms with van der Waals surface area (Å²) in [6, 6.07) is 26.4. The summed E-state index contributed by atoms with van der Waals surface area (Å²) in [4.78, 5) is 6.74. The zero-order chi connectivity index (χ0) is 28.0. The van der Waals surface area contributed by atoms with Gasteiger partial charge in [-0.25, -0.2) is 0 Å². The molecule has 0 spiro atoms.